The second-order valence-corrected chi connectivity index (χ2v) is 9.21. The monoisotopic (exact) mass is 454 g/mol. The maximum atomic E-state index is 15.4. The van der Waals surface area contributed by atoms with Crippen molar-refractivity contribution in [3.05, 3.63) is 23.2 Å². The number of piperidine rings is 1. The Labute approximate surface area is 184 Å². The molecule has 2 fully saturated rings. The summed E-state index contributed by atoms with van der Waals surface area (Å²) >= 11 is 7.48. The minimum atomic E-state index is -1.06. The Bertz CT molecular complexity index is 891. The van der Waals surface area contributed by atoms with Crippen LogP contribution >= 0.6 is 22.9 Å². The molecular weight excluding hydrogens is 430 g/mol. The van der Waals surface area contributed by atoms with Crippen molar-refractivity contribution in [2.45, 2.75) is 50.4 Å². The molecule has 0 spiro atoms. The van der Waals surface area contributed by atoms with Crippen LogP contribution in [0.5, 0.6) is 5.75 Å². The highest BCUT2D eigenvalue weighted by molar-refractivity contribution is 7.18. The SMILES string of the molecule is COCOc1cc(Cl)ccc1-c1nnc(N(C)[C@H]2CC3CCC([C@H]2F)N3B(C)O)s1. The van der Waals surface area contributed by atoms with E-state index in [9.17, 15) is 5.02 Å². The van der Waals surface area contributed by atoms with E-state index in [1.807, 2.05) is 22.8 Å². The molecule has 4 rings (SSSR count). The molecule has 0 amide bonds. The van der Waals surface area contributed by atoms with Gasteiger partial charge in [-0.15, -0.1) is 10.2 Å². The molecule has 0 radical (unpaired) electrons. The van der Waals surface area contributed by atoms with Gasteiger partial charge in [-0.25, -0.2) is 4.39 Å². The van der Waals surface area contributed by atoms with Crippen molar-refractivity contribution in [1.29, 1.82) is 0 Å². The summed E-state index contributed by atoms with van der Waals surface area (Å²) in [7, 11) is 2.78. The topological polar surface area (TPSA) is 71.0 Å². The van der Waals surface area contributed by atoms with Crippen molar-refractivity contribution in [3.8, 4) is 16.3 Å². The number of fused-ring (bicyclic) bond motifs is 2. The Hall–Kier alpha value is -1.46. The van der Waals surface area contributed by atoms with Gasteiger partial charge in [-0.1, -0.05) is 22.9 Å². The zero-order valence-corrected chi connectivity index (χ0v) is 18.7. The first kappa shape index (κ1) is 21.8. The Balaban J connectivity index is 1.55. The molecule has 0 saturated carbocycles. The van der Waals surface area contributed by atoms with Gasteiger partial charge in [0, 0.05) is 31.3 Å². The molecule has 2 aromatic rings. The van der Waals surface area contributed by atoms with E-state index < -0.39 is 13.2 Å². The van der Waals surface area contributed by atoms with Gasteiger partial charge < -0.3 is 24.2 Å². The maximum Gasteiger partial charge on any atom is 0.376 e. The molecule has 4 atom stereocenters. The van der Waals surface area contributed by atoms with E-state index in [-0.39, 0.29) is 24.9 Å². The summed E-state index contributed by atoms with van der Waals surface area (Å²) in [5.41, 5.74) is 0.759. The molecule has 3 heterocycles. The summed E-state index contributed by atoms with van der Waals surface area (Å²) < 4.78 is 26.0. The summed E-state index contributed by atoms with van der Waals surface area (Å²) in [6, 6.07) is 4.94. The van der Waals surface area contributed by atoms with Crippen molar-refractivity contribution in [2.24, 2.45) is 0 Å². The lowest BCUT2D eigenvalue weighted by Gasteiger charge is -2.44. The fraction of sp³-hybridized carbons (Fsp3) is 0.579. The van der Waals surface area contributed by atoms with Gasteiger partial charge in [0.15, 0.2) is 11.8 Å². The number of halogens is 2. The van der Waals surface area contributed by atoms with Gasteiger partial charge in [0.25, 0.3) is 0 Å². The predicted molar refractivity (Wildman–Crippen MR) is 117 cm³/mol. The number of benzene rings is 1. The van der Waals surface area contributed by atoms with E-state index in [0.29, 0.717) is 27.3 Å². The minimum absolute atomic E-state index is 0.0903. The highest BCUT2D eigenvalue weighted by atomic mass is 35.5. The number of alkyl halides is 1. The zero-order chi connectivity index (χ0) is 21.4. The van der Waals surface area contributed by atoms with Crippen LogP contribution in [0.4, 0.5) is 9.52 Å². The number of anilines is 1. The van der Waals surface area contributed by atoms with Crippen molar-refractivity contribution < 1.29 is 18.9 Å². The molecule has 2 bridgehead atoms. The van der Waals surface area contributed by atoms with E-state index >= 15 is 4.39 Å². The van der Waals surface area contributed by atoms with Crippen LogP contribution in [0.25, 0.3) is 10.6 Å². The van der Waals surface area contributed by atoms with Gasteiger partial charge in [0.2, 0.25) is 5.13 Å². The van der Waals surface area contributed by atoms with Gasteiger partial charge in [0.1, 0.15) is 11.9 Å². The van der Waals surface area contributed by atoms with E-state index in [1.54, 1.807) is 26.1 Å². The largest absolute Gasteiger partial charge is 0.467 e. The van der Waals surface area contributed by atoms with Crippen LogP contribution in [0, 0.1) is 0 Å². The first-order valence-corrected chi connectivity index (χ1v) is 11.2. The first-order valence-electron chi connectivity index (χ1n) is 9.98. The Morgan fingerprint density at radius 3 is 2.93 bits per heavy atom. The van der Waals surface area contributed by atoms with Crippen LogP contribution in [-0.2, 0) is 4.74 Å². The minimum Gasteiger partial charge on any atom is -0.467 e. The highest BCUT2D eigenvalue weighted by Crippen LogP contribution is 2.42. The third kappa shape index (κ3) is 4.03. The van der Waals surface area contributed by atoms with Gasteiger partial charge in [-0.05, 0) is 44.3 Å². The normalized spacial score (nSPS) is 26.1. The van der Waals surface area contributed by atoms with Gasteiger partial charge >= 0.3 is 7.05 Å². The van der Waals surface area contributed by atoms with Gasteiger partial charge in [-0.2, -0.15) is 0 Å². The predicted octanol–water partition coefficient (Wildman–Crippen LogP) is 3.33. The quantitative estimate of drug-likeness (QED) is 0.508. The van der Waals surface area contributed by atoms with Crippen LogP contribution in [0.2, 0.25) is 11.8 Å². The second-order valence-electron chi connectivity index (χ2n) is 7.82. The summed E-state index contributed by atoms with van der Waals surface area (Å²) in [6.45, 7) is 1.81. The Morgan fingerprint density at radius 2 is 2.20 bits per heavy atom. The number of rotatable bonds is 7. The molecule has 1 N–H and O–H groups in total. The summed E-state index contributed by atoms with van der Waals surface area (Å²) in [5, 5.41) is 20.5. The van der Waals surface area contributed by atoms with Crippen LogP contribution in [0.15, 0.2) is 18.2 Å². The third-order valence-electron chi connectivity index (χ3n) is 6.00. The van der Waals surface area contributed by atoms with E-state index in [4.69, 9.17) is 21.1 Å². The third-order valence-corrected chi connectivity index (χ3v) is 7.28. The number of methoxy groups -OCH3 is 1. The van der Waals surface area contributed by atoms with Crippen molar-refractivity contribution >= 4 is 35.1 Å². The van der Waals surface area contributed by atoms with E-state index in [1.165, 1.54) is 11.3 Å². The molecular formula is C19H25BClFN4O3S. The van der Waals surface area contributed by atoms with Crippen molar-refractivity contribution in [1.82, 2.24) is 15.0 Å². The van der Waals surface area contributed by atoms with Gasteiger partial charge in [-0.3, -0.25) is 0 Å². The van der Waals surface area contributed by atoms with E-state index in [2.05, 4.69) is 10.2 Å². The molecule has 0 aliphatic carbocycles. The average molecular weight is 455 g/mol. The van der Waals surface area contributed by atoms with E-state index in [0.717, 1.165) is 18.4 Å². The molecule has 162 valence electrons. The number of ether oxygens (including phenoxy) is 2. The van der Waals surface area contributed by atoms with Crippen LogP contribution in [-0.4, -0.2) is 72.3 Å². The van der Waals surface area contributed by atoms with Gasteiger partial charge in [0.05, 0.1) is 11.6 Å². The van der Waals surface area contributed by atoms with Crippen molar-refractivity contribution in [2.75, 3.05) is 25.9 Å². The molecule has 2 aliphatic rings. The number of aromatic nitrogens is 2. The number of hydrogen-bond donors (Lipinski definition) is 1. The molecule has 1 aromatic carbocycles. The molecule has 1 aromatic heterocycles. The summed E-state index contributed by atoms with van der Waals surface area (Å²) in [6.07, 6.45) is 1.27. The molecule has 11 heteroatoms. The molecule has 2 unspecified atom stereocenters. The smallest absolute Gasteiger partial charge is 0.376 e. The molecule has 2 aliphatic heterocycles. The van der Waals surface area contributed by atoms with Crippen LogP contribution in [0.3, 0.4) is 0 Å². The lowest BCUT2D eigenvalue weighted by Crippen LogP contribution is -2.60. The highest BCUT2D eigenvalue weighted by Gasteiger charge is 2.51. The fourth-order valence-corrected chi connectivity index (χ4v) is 5.69. The number of nitrogens with zero attached hydrogens (tertiary/aromatic N) is 4. The fourth-order valence-electron chi connectivity index (χ4n) is 4.64. The first-order chi connectivity index (χ1) is 14.4. The Morgan fingerprint density at radius 1 is 1.40 bits per heavy atom. The summed E-state index contributed by atoms with van der Waals surface area (Å²) in [4.78, 5) is 3.82. The standard InChI is InChI=1S/C19H25BClFN4O3S/c1-20(27)26-12-5-7-14(26)17(22)15(9-12)25(2)19-24-23-18(30-19)13-6-4-11(21)8-16(13)29-10-28-3/h4,6,8,12,14-15,17,27H,5,7,9-10H2,1-3H3/t12?,14?,15-,17+/m0/s1. The van der Waals surface area contributed by atoms with Crippen LogP contribution < -0.4 is 9.64 Å². The lowest BCUT2D eigenvalue weighted by molar-refractivity contribution is 0.0515. The Kier molecular flexibility index (Phi) is 6.50. The molecule has 2 saturated heterocycles. The lowest BCUT2D eigenvalue weighted by atomic mass is 9.78. The molecule has 7 nitrogen and oxygen atoms in total. The average Bonchev–Trinajstić information content (AvgIpc) is 3.33. The van der Waals surface area contributed by atoms with Crippen molar-refractivity contribution in [3.63, 3.8) is 0 Å². The van der Waals surface area contributed by atoms with Crippen LogP contribution in [0.1, 0.15) is 19.3 Å². The zero-order valence-electron chi connectivity index (χ0n) is 17.2. The second kappa shape index (κ2) is 8.96. The number of hydrogen-bond acceptors (Lipinski definition) is 8. The summed E-state index contributed by atoms with van der Waals surface area (Å²) in [5.74, 6) is 0.557. The molecule has 30 heavy (non-hydrogen) atoms. The maximum absolute atomic E-state index is 15.4.